The van der Waals surface area contributed by atoms with Crippen molar-refractivity contribution < 1.29 is 9.53 Å². The predicted molar refractivity (Wildman–Crippen MR) is 71.5 cm³/mol. The van der Waals surface area contributed by atoms with Gasteiger partial charge in [0, 0.05) is 18.8 Å². The maximum Gasteiger partial charge on any atom is 0.253 e. The van der Waals surface area contributed by atoms with E-state index in [-0.39, 0.29) is 18.1 Å². The molecule has 1 fully saturated rings. The van der Waals surface area contributed by atoms with E-state index in [4.69, 9.17) is 10.5 Å². The van der Waals surface area contributed by atoms with Crippen LogP contribution in [-0.4, -0.2) is 25.2 Å². The number of aryl methyl sites for hydroxylation is 1. The van der Waals surface area contributed by atoms with Crippen LogP contribution in [0.3, 0.4) is 0 Å². The first-order chi connectivity index (χ1) is 8.61. The lowest BCUT2D eigenvalue weighted by atomic mass is 10.1. The Morgan fingerprint density at radius 1 is 1.44 bits per heavy atom. The molecule has 2 atom stereocenters. The largest absolute Gasteiger partial charge is 0.398 e. The first-order valence-electron chi connectivity index (χ1n) is 6.30. The van der Waals surface area contributed by atoms with E-state index in [2.05, 4.69) is 5.32 Å². The Balaban J connectivity index is 2.02. The molecule has 1 aliphatic carbocycles. The van der Waals surface area contributed by atoms with Gasteiger partial charge in [-0.05, 0) is 37.8 Å². The van der Waals surface area contributed by atoms with Crippen LogP contribution >= 0.6 is 0 Å². The molecule has 0 radical (unpaired) electrons. The van der Waals surface area contributed by atoms with Gasteiger partial charge >= 0.3 is 0 Å². The maximum absolute atomic E-state index is 12.1. The Kier molecular flexibility index (Phi) is 3.87. The smallest absolute Gasteiger partial charge is 0.253 e. The molecule has 2 rings (SSSR count). The topological polar surface area (TPSA) is 64.3 Å². The maximum atomic E-state index is 12.1. The van der Waals surface area contributed by atoms with E-state index < -0.39 is 0 Å². The molecule has 0 aliphatic heterocycles. The minimum Gasteiger partial charge on any atom is -0.398 e. The van der Waals surface area contributed by atoms with Crippen molar-refractivity contribution in [2.45, 2.75) is 38.3 Å². The quantitative estimate of drug-likeness (QED) is 0.803. The predicted octanol–water partition coefficient (Wildman–Crippen LogP) is 1.87. The van der Waals surface area contributed by atoms with Crippen LogP contribution in [0.2, 0.25) is 0 Å². The van der Waals surface area contributed by atoms with Crippen molar-refractivity contribution >= 4 is 11.6 Å². The summed E-state index contributed by atoms with van der Waals surface area (Å²) in [7, 11) is 1.72. The zero-order valence-corrected chi connectivity index (χ0v) is 10.9. The fourth-order valence-electron chi connectivity index (χ4n) is 2.43. The minimum atomic E-state index is -0.0852. The number of benzene rings is 1. The fourth-order valence-corrected chi connectivity index (χ4v) is 2.43. The molecule has 1 aliphatic rings. The van der Waals surface area contributed by atoms with Gasteiger partial charge in [-0.15, -0.1) is 0 Å². The number of para-hydroxylation sites is 1. The van der Waals surface area contributed by atoms with E-state index in [0.717, 1.165) is 24.8 Å². The van der Waals surface area contributed by atoms with Crippen LogP contribution in [0.15, 0.2) is 18.2 Å². The van der Waals surface area contributed by atoms with Crippen molar-refractivity contribution in [1.29, 1.82) is 0 Å². The number of carbonyl (C=O) groups is 1. The van der Waals surface area contributed by atoms with Gasteiger partial charge in [-0.1, -0.05) is 12.1 Å². The second-order valence-electron chi connectivity index (χ2n) is 4.88. The van der Waals surface area contributed by atoms with Gasteiger partial charge in [-0.25, -0.2) is 0 Å². The molecule has 0 spiro atoms. The number of rotatable bonds is 3. The minimum absolute atomic E-state index is 0.0852. The molecule has 0 saturated heterocycles. The average Bonchev–Trinajstić information content (AvgIpc) is 2.80. The van der Waals surface area contributed by atoms with Gasteiger partial charge < -0.3 is 15.8 Å². The Bertz CT molecular complexity index is 445. The van der Waals surface area contributed by atoms with Crippen molar-refractivity contribution in [2.24, 2.45) is 0 Å². The van der Waals surface area contributed by atoms with Gasteiger partial charge in [-0.2, -0.15) is 0 Å². The molecule has 0 heterocycles. The van der Waals surface area contributed by atoms with Crippen molar-refractivity contribution in [3.8, 4) is 0 Å². The SMILES string of the molecule is COC1CCC(NC(=O)c2cccc(C)c2N)C1. The standard InChI is InChI=1S/C14H20N2O2/c1-9-4-3-5-12(13(9)15)14(17)16-10-6-7-11(8-10)18-2/h3-5,10-11H,6-8,15H2,1-2H3,(H,16,17). The summed E-state index contributed by atoms with van der Waals surface area (Å²) in [5, 5.41) is 3.03. The number of hydrogen-bond donors (Lipinski definition) is 2. The second kappa shape index (κ2) is 5.40. The fraction of sp³-hybridized carbons (Fsp3) is 0.500. The normalized spacial score (nSPS) is 23.0. The highest BCUT2D eigenvalue weighted by Crippen LogP contribution is 2.23. The highest BCUT2D eigenvalue weighted by atomic mass is 16.5. The summed E-state index contributed by atoms with van der Waals surface area (Å²) in [5.74, 6) is -0.0852. The molecular weight excluding hydrogens is 228 g/mol. The van der Waals surface area contributed by atoms with Gasteiger partial charge in [0.2, 0.25) is 0 Å². The Morgan fingerprint density at radius 2 is 2.22 bits per heavy atom. The van der Waals surface area contributed by atoms with Gasteiger partial charge in [0.05, 0.1) is 11.7 Å². The number of amides is 1. The van der Waals surface area contributed by atoms with E-state index in [1.807, 2.05) is 19.1 Å². The van der Waals surface area contributed by atoms with Gasteiger partial charge in [0.25, 0.3) is 5.91 Å². The first-order valence-corrected chi connectivity index (χ1v) is 6.30. The molecule has 1 aromatic carbocycles. The molecule has 98 valence electrons. The Morgan fingerprint density at radius 3 is 2.89 bits per heavy atom. The molecule has 1 saturated carbocycles. The van der Waals surface area contributed by atoms with E-state index >= 15 is 0 Å². The molecular formula is C14H20N2O2. The van der Waals surface area contributed by atoms with E-state index in [9.17, 15) is 4.79 Å². The van der Waals surface area contributed by atoms with Crippen LogP contribution in [0.1, 0.15) is 35.2 Å². The molecule has 1 aromatic rings. The molecule has 4 nitrogen and oxygen atoms in total. The van der Waals surface area contributed by atoms with Gasteiger partial charge in [0.15, 0.2) is 0 Å². The molecule has 18 heavy (non-hydrogen) atoms. The lowest BCUT2D eigenvalue weighted by Gasteiger charge is -2.14. The van der Waals surface area contributed by atoms with Crippen LogP contribution in [0, 0.1) is 6.92 Å². The molecule has 0 aromatic heterocycles. The second-order valence-corrected chi connectivity index (χ2v) is 4.88. The third kappa shape index (κ3) is 2.64. The van der Waals surface area contributed by atoms with Gasteiger partial charge in [-0.3, -0.25) is 4.79 Å². The number of anilines is 1. The number of hydrogen-bond acceptors (Lipinski definition) is 3. The molecule has 1 amide bonds. The van der Waals surface area contributed by atoms with Crippen molar-refractivity contribution in [3.63, 3.8) is 0 Å². The van der Waals surface area contributed by atoms with E-state index in [0.29, 0.717) is 11.3 Å². The number of methoxy groups -OCH3 is 1. The first kappa shape index (κ1) is 12.9. The lowest BCUT2D eigenvalue weighted by Crippen LogP contribution is -2.33. The number of nitrogen functional groups attached to an aromatic ring is 1. The van der Waals surface area contributed by atoms with E-state index in [1.165, 1.54) is 0 Å². The third-order valence-corrected chi connectivity index (χ3v) is 3.62. The van der Waals surface area contributed by atoms with Crippen LogP contribution in [0.4, 0.5) is 5.69 Å². The number of nitrogens with two attached hydrogens (primary N) is 1. The summed E-state index contributed by atoms with van der Waals surface area (Å²) >= 11 is 0. The van der Waals surface area contributed by atoms with Gasteiger partial charge in [0.1, 0.15) is 0 Å². The molecule has 0 bridgehead atoms. The van der Waals surface area contributed by atoms with Crippen LogP contribution in [0.5, 0.6) is 0 Å². The van der Waals surface area contributed by atoms with Crippen LogP contribution in [0.25, 0.3) is 0 Å². The van der Waals surface area contributed by atoms with Crippen LogP contribution < -0.4 is 11.1 Å². The zero-order valence-electron chi connectivity index (χ0n) is 10.9. The van der Waals surface area contributed by atoms with Crippen molar-refractivity contribution in [3.05, 3.63) is 29.3 Å². The molecule has 2 unspecified atom stereocenters. The van der Waals surface area contributed by atoms with E-state index in [1.54, 1.807) is 13.2 Å². The summed E-state index contributed by atoms with van der Waals surface area (Å²) < 4.78 is 5.30. The monoisotopic (exact) mass is 248 g/mol. The number of carbonyl (C=O) groups excluding carboxylic acids is 1. The number of nitrogens with one attached hydrogen (secondary N) is 1. The summed E-state index contributed by atoms with van der Waals surface area (Å²) in [6.45, 7) is 1.91. The lowest BCUT2D eigenvalue weighted by molar-refractivity contribution is 0.0916. The summed E-state index contributed by atoms with van der Waals surface area (Å²) in [4.78, 5) is 12.1. The summed E-state index contributed by atoms with van der Waals surface area (Å²) in [6, 6.07) is 5.72. The van der Waals surface area contributed by atoms with Crippen LogP contribution in [-0.2, 0) is 4.74 Å². The molecule has 3 N–H and O–H groups in total. The van der Waals surface area contributed by atoms with Crippen molar-refractivity contribution in [2.75, 3.05) is 12.8 Å². The van der Waals surface area contributed by atoms with Crippen molar-refractivity contribution in [1.82, 2.24) is 5.32 Å². The Hall–Kier alpha value is -1.55. The summed E-state index contributed by atoms with van der Waals surface area (Å²) in [5.41, 5.74) is 7.99. The molecule has 4 heteroatoms. The third-order valence-electron chi connectivity index (χ3n) is 3.62. The average molecular weight is 248 g/mol. The Labute approximate surface area is 108 Å². The summed E-state index contributed by atoms with van der Waals surface area (Å²) in [6.07, 6.45) is 3.12. The zero-order chi connectivity index (χ0) is 13.1. The highest BCUT2D eigenvalue weighted by molar-refractivity contribution is 5.99. The number of ether oxygens (including phenoxy) is 1. The highest BCUT2D eigenvalue weighted by Gasteiger charge is 2.26.